The SMILES string of the molecule is CC(C)c1cncn1C1CCCCC1CN. The Hall–Kier alpha value is -0.830. The highest BCUT2D eigenvalue weighted by molar-refractivity contribution is 5.06. The van der Waals surface area contributed by atoms with Gasteiger partial charge in [0.25, 0.3) is 0 Å². The molecule has 0 spiro atoms. The maximum Gasteiger partial charge on any atom is 0.0950 e. The van der Waals surface area contributed by atoms with Gasteiger partial charge >= 0.3 is 0 Å². The minimum atomic E-state index is 0.544. The van der Waals surface area contributed by atoms with Crippen molar-refractivity contribution in [2.75, 3.05) is 6.54 Å². The van der Waals surface area contributed by atoms with Crippen molar-refractivity contribution in [1.29, 1.82) is 0 Å². The van der Waals surface area contributed by atoms with Gasteiger partial charge in [-0.1, -0.05) is 26.7 Å². The summed E-state index contributed by atoms with van der Waals surface area (Å²) in [5, 5.41) is 0. The fourth-order valence-electron chi connectivity index (χ4n) is 2.87. The Kier molecular flexibility index (Phi) is 3.64. The van der Waals surface area contributed by atoms with Crippen LogP contribution in [-0.2, 0) is 0 Å². The summed E-state index contributed by atoms with van der Waals surface area (Å²) in [6.07, 6.45) is 9.20. The smallest absolute Gasteiger partial charge is 0.0950 e. The minimum Gasteiger partial charge on any atom is -0.331 e. The summed E-state index contributed by atoms with van der Waals surface area (Å²) in [6, 6.07) is 0.582. The Balaban J connectivity index is 2.23. The molecule has 1 aromatic heterocycles. The quantitative estimate of drug-likeness (QED) is 0.853. The Morgan fingerprint density at radius 2 is 2.19 bits per heavy atom. The molecular weight excluding hydrogens is 198 g/mol. The molecule has 0 amide bonds. The summed E-state index contributed by atoms with van der Waals surface area (Å²) in [4.78, 5) is 4.31. The molecule has 1 aliphatic carbocycles. The highest BCUT2D eigenvalue weighted by Crippen LogP contribution is 2.35. The second kappa shape index (κ2) is 5.00. The highest BCUT2D eigenvalue weighted by atomic mass is 15.1. The number of nitrogens with two attached hydrogens (primary N) is 1. The van der Waals surface area contributed by atoms with E-state index < -0.39 is 0 Å². The van der Waals surface area contributed by atoms with Crippen LogP contribution in [0.5, 0.6) is 0 Å². The molecule has 16 heavy (non-hydrogen) atoms. The van der Waals surface area contributed by atoms with Crippen LogP contribution in [0.4, 0.5) is 0 Å². The van der Waals surface area contributed by atoms with Crippen molar-refractivity contribution in [2.24, 2.45) is 11.7 Å². The highest BCUT2D eigenvalue weighted by Gasteiger charge is 2.26. The predicted octanol–water partition coefficient (Wildman–Crippen LogP) is 2.70. The molecule has 3 nitrogen and oxygen atoms in total. The largest absolute Gasteiger partial charge is 0.331 e. The lowest BCUT2D eigenvalue weighted by atomic mass is 9.84. The van der Waals surface area contributed by atoms with Gasteiger partial charge in [0.2, 0.25) is 0 Å². The molecule has 1 saturated carbocycles. The van der Waals surface area contributed by atoms with Crippen molar-refractivity contribution >= 4 is 0 Å². The minimum absolute atomic E-state index is 0.544. The first-order valence-electron chi connectivity index (χ1n) is 6.45. The van der Waals surface area contributed by atoms with E-state index in [2.05, 4.69) is 23.4 Å². The van der Waals surface area contributed by atoms with E-state index in [1.54, 1.807) is 0 Å². The summed E-state index contributed by atoms with van der Waals surface area (Å²) in [6.45, 7) is 5.27. The molecule has 1 heterocycles. The third-order valence-corrected chi connectivity index (χ3v) is 3.82. The molecule has 1 fully saturated rings. The first kappa shape index (κ1) is 11.6. The van der Waals surface area contributed by atoms with E-state index in [1.807, 2.05) is 12.5 Å². The predicted molar refractivity (Wildman–Crippen MR) is 66.4 cm³/mol. The number of imidazole rings is 1. The van der Waals surface area contributed by atoms with Crippen LogP contribution in [0.2, 0.25) is 0 Å². The molecule has 0 aromatic carbocycles. The molecule has 0 radical (unpaired) electrons. The zero-order valence-corrected chi connectivity index (χ0v) is 10.4. The molecule has 2 N–H and O–H groups in total. The molecule has 0 saturated heterocycles. The van der Waals surface area contributed by atoms with Crippen molar-refractivity contribution in [1.82, 2.24) is 9.55 Å². The molecular formula is C13H23N3. The van der Waals surface area contributed by atoms with E-state index in [1.165, 1.54) is 31.4 Å². The molecule has 2 rings (SSSR count). The Bertz CT molecular complexity index is 330. The van der Waals surface area contributed by atoms with E-state index in [4.69, 9.17) is 5.73 Å². The van der Waals surface area contributed by atoms with Crippen LogP contribution in [0.3, 0.4) is 0 Å². The summed E-state index contributed by atoms with van der Waals surface area (Å²) in [5.41, 5.74) is 7.24. The van der Waals surface area contributed by atoms with E-state index in [0.29, 0.717) is 17.9 Å². The van der Waals surface area contributed by atoms with Gasteiger partial charge in [-0.15, -0.1) is 0 Å². The summed E-state index contributed by atoms with van der Waals surface area (Å²) < 4.78 is 2.38. The second-order valence-corrected chi connectivity index (χ2v) is 5.23. The monoisotopic (exact) mass is 221 g/mol. The Morgan fingerprint density at radius 1 is 1.44 bits per heavy atom. The van der Waals surface area contributed by atoms with Gasteiger partial charge in [0.15, 0.2) is 0 Å². The molecule has 1 aromatic rings. The van der Waals surface area contributed by atoms with Crippen molar-refractivity contribution in [3.8, 4) is 0 Å². The standard InChI is InChI=1S/C13H23N3/c1-10(2)13-8-15-9-16(13)12-6-4-3-5-11(12)7-14/h8-12H,3-7,14H2,1-2H3. The molecule has 0 bridgehead atoms. The topological polar surface area (TPSA) is 43.8 Å². The summed E-state index contributed by atoms with van der Waals surface area (Å²) in [5.74, 6) is 1.18. The number of hydrogen-bond donors (Lipinski definition) is 1. The fourth-order valence-corrected chi connectivity index (χ4v) is 2.87. The van der Waals surface area contributed by atoms with Crippen LogP contribution in [-0.4, -0.2) is 16.1 Å². The normalized spacial score (nSPS) is 26.2. The second-order valence-electron chi connectivity index (χ2n) is 5.23. The van der Waals surface area contributed by atoms with E-state index in [9.17, 15) is 0 Å². The van der Waals surface area contributed by atoms with Crippen LogP contribution in [0.1, 0.15) is 57.2 Å². The molecule has 2 unspecified atom stereocenters. The van der Waals surface area contributed by atoms with Crippen LogP contribution in [0, 0.1) is 5.92 Å². The van der Waals surface area contributed by atoms with Gasteiger partial charge < -0.3 is 10.3 Å². The molecule has 1 aliphatic rings. The average molecular weight is 221 g/mol. The van der Waals surface area contributed by atoms with E-state index in [0.717, 1.165) is 6.54 Å². The lowest BCUT2D eigenvalue weighted by Crippen LogP contribution is -2.29. The summed E-state index contributed by atoms with van der Waals surface area (Å²) >= 11 is 0. The third kappa shape index (κ3) is 2.14. The van der Waals surface area contributed by atoms with Gasteiger partial charge in [-0.25, -0.2) is 4.98 Å². The van der Waals surface area contributed by atoms with Gasteiger partial charge in [-0.2, -0.15) is 0 Å². The molecule has 2 atom stereocenters. The number of rotatable bonds is 3. The first-order chi connectivity index (χ1) is 7.74. The average Bonchev–Trinajstić information content (AvgIpc) is 2.77. The van der Waals surface area contributed by atoms with Crippen LogP contribution in [0.25, 0.3) is 0 Å². The fraction of sp³-hybridized carbons (Fsp3) is 0.769. The summed E-state index contributed by atoms with van der Waals surface area (Å²) in [7, 11) is 0. The maximum absolute atomic E-state index is 5.89. The molecule has 90 valence electrons. The van der Waals surface area contributed by atoms with Gasteiger partial charge in [0.1, 0.15) is 0 Å². The van der Waals surface area contributed by atoms with Crippen molar-refractivity contribution in [3.05, 3.63) is 18.2 Å². The van der Waals surface area contributed by atoms with Gasteiger partial charge in [0, 0.05) is 17.9 Å². The van der Waals surface area contributed by atoms with Crippen LogP contribution < -0.4 is 5.73 Å². The zero-order chi connectivity index (χ0) is 11.5. The van der Waals surface area contributed by atoms with Gasteiger partial charge in [0.05, 0.1) is 6.33 Å². The Morgan fingerprint density at radius 3 is 2.88 bits per heavy atom. The van der Waals surface area contributed by atoms with Crippen molar-refractivity contribution in [3.63, 3.8) is 0 Å². The lowest BCUT2D eigenvalue weighted by molar-refractivity contribution is 0.239. The van der Waals surface area contributed by atoms with Crippen molar-refractivity contribution < 1.29 is 0 Å². The van der Waals surface area contributed by atoms with E-state index in [-0.39, 0.29) is 0 Å². The van der Waals surface area contributed by atoms with Crippen molar-refractivity contribution in [2.45, 2.75) is 51.5 Å². The van der Waals surface area contributed by atoms with Gasteiger partial charge in [-0.3, -0.25) is 0 Å². The lowest BCUT2D eigenvalue weighted by Gasteiger charge is -2.33. The van der Waals surface area contributed by atoms with E-state index >= 15 is 0 Å². The molecule has 0 aliphatic heterocycles. The van der Waals surface area contributed by atoms with Gasteiger partial charge in [-0.05, 0) is 31.2 Å². The number of aromatic nitrogens is 2. The number of nitrogens with zero attached hydrogens (tertiary/aromatic N) is 2. The van der Waals surface area contributed by atoms with Crippen LogP contribution >= 0.6 is 0 Å². The third-order valence-electron chi connectivity index (χ3n) is 3.82. The van der Waals surface area contributed by atoms with Crippen LogP contribution in [0.15, 0.2) is 12.5 Å². The molecule has 3 heteroatoms. The Labute approximate surface area is 98.1 Å². The number of hydrogen-bond acceptors (Lipinski definition) is 2. The maximum atomic E-state index is 5.89. The zero-order valence-electron chi connectivity index (χ0n) is 10.4. The first-order valence-corrected chi connectivity index (χ1v) is 6.45.